The lowest BCUT2D eigenvalue weighted by Crippen LogP contribution is -2.42. The summed E-state index contributed by atoms with van der Waals surface area (Å²) in [5.41, 5.74) is -0.404. The van der Waals surface area contributed by atoms with Crippen LogP contribution in [0.15, 0.2) is 14.3 Å². The van der Waals surface area contributed by atoms with E-state index in [2.05, 4.69) is 33.2 Å². The molecule has 2 aromatic heterocycles. The second kappa shape index (κ2) is 6.61. The lowest BCUT2D eigenvalue weighted by molar-refractivity contribution is -0.122. The second-order valence-corrected chi connectivity index (χ2v) is 8.75. The van der Waals surface area contributed by atoms with E-state index in [4.69, 9.17) is 0 Å². The minimum atomic E-state index is -0.469. The third-order valence-corrected chi connectivity index (χ3v) is 7.02. The van der Waals surface area contributed by atoms with E-state index < -0.39 is 11.2 Å². The van der Waals surface area contributed by atoms with Crippen LogP contribution < -0.4 is 16.6 Å². The van der Waals surface area contributed by atoms with Gasteiger partial charge in [-0.2, -0.15) is 0 Å². The van der Waals surface area contributed by atoms with Gasteiger partial charge in [0.2, 0.25) is 5.91 Å². The van der Waals surface area contributed by atoms with Gasteiger partial charge < -0.3 is 5.32 Å². The van der Waals surface area contributed by atoms with Crippen molar-refractivity contribution in [3.05, 3.63) is 25.6 Å². The molecule has 0 radical (unpaired) electrons. The van der Waals surface area contributed by atoms with Gasteiger partial charge in [-0.1, -0.05) is 6.42 Å². The quantitative estimate of drug-likeness (QED) is 0.725. The molecule has 1 amide bonds. The SMILES string of the molecule is CC(NC(=O)Cn1c(Br)nc2c(=O)n(C)c(=O)n(C)c21)C1CC2CCC1C2. The lowest BCUT2D eigenvalue weighted by atomic mass is 9.84. The molecule has 2 heterocycles. The van der Waals surface area contributed by atoms with Gasteiger partial charge in [-0.15, -0.1) is 0 Å². The summed E-state index contributed by atoms with van der Waals surface area (Å²) in [5.74, 6) is 1.97. The van der Waals surface area contributed by atoms with Crippen LogP contribution in [0.3, 0.4) is 0 Å². The summed E-state index contributed by atoms with van der Waals surface area (Å²) in [6.45, 7) is 2.08. The Morgan fingerprint density at radius 1 is 1.26 bits per heavy atom. The fraction of sp³-hybridized carbons (Fsp3) is 0.667. The van der Waals surface area contributed by atoms with Crippen LogP contribution in [0.2, 0.25) is 0 Å². The highest BCUT2D eigenvalue weighted by Gasteiger charge is 2.42. The summed E-state index contributed by atoms with van der Waals surface area (Å²) in [7, 11) is 2.99. The first-order valence-corrected chi connectivity index (χ1v) is 10.2. The maximum atomic E-state index is 12.7. The molecule has 9 heteroatoms. The van der Waals surface area contributed by atoms with Crippen LogP contribution in [-0.4, -0.2) is 30.6 Å². The third kappa shape index (κ3) is 2.96. The molecule has 0 aromatic carbocycles. The molecular formula is C18H24BrN5O3. The van der Waals surface area contributed by atoms with E-state index in [1.165, 1.54) is 37.3 Å². The number of nitrogens with zero attached hydrogens (tertiary/aromatic N) is 4. The van der Waals surface area contributed by atoms with Gasteiger partial charge >= 0.3 is 5.69 Å². The standard InChI is InChI=1S/C18H24BrN5O3/c1-9(12-7-10-4-5-11(12)6-10)20-13(25)8-24-15-14(21-17(24)19)16(26)23(3)18(27)22(15)2/h9-12H,4-8H2,1-3H3,(H,20,25). The summed E-state index contributed by atoms with van der Waals surface area (Å²) in [6.07, 6.45) is 5.11. The molecule has 2 fully saturated rings. The zero-order valence-corrected chi connectivity index (χ0v) is 17.3. The smallest absolute Gasteiger partial charge is 0.332 e. The maximum absolute atomic E-state index is 12.7. The minimum absolute atomic E-state index is 0.00266. The van der Waals surface area contributed by atoms with Gasteiger partial charge in [-0.3, -0.25) is 23.3 Å². The average Bonchev–Trinajstić information content (AvgIpc) is 3.33. The Labute approximate surface area is 164 Å². The van der Waals surface area contributed by atoms with Crippen molar-refractivity contribution in [2.24, 2.45) is 31.8 Å². The summed E-state index contributed by atoms with van der Waals surface area (Å²) < 4.78 is 4.30. The van der Waals surface area contributed by atoms with Gasteiger partial charge in [0.15, 0.2) is 15.9 Å². The third-order valence-electron chi connectivity index (χ3n) is 6.42. The number of carbonyl (C=O) groups is 1. The van der Waals surface area contributed by atoms with Crippen molar-refractivity contribution in [3.63, 3.8) is 0 Å². The number of aryl methyl sites for hydroxylation is 1. The second-order valence-electron chi connectivity index (χ2n) is 8.04. The first-order valence-electron chi connectivity index (χ1n) is 9.39. The number of amides is 1. The number of rotatable bonds is 4. The van der Waals surface area contributed by atoms with Crippen LogP contribution in [0.5, 0.6) is 0 Å². The van der Waals surface area contributed by atoms with Crippen LogP contribution in [0.25, 0.3) is 11.2 Å². The highest BCUT2D eigenvalue weighted by Crippen LogP contribution is 2.49. The molecule has 27 heavy (non-hydrogen) atoms. The average molecular weight is 438 g/mol. The zero-order valence-electron chi connectivity index (χ0n) is 15.7. The molecule has 0 aliphatic heterocycles. The van der Waals surface area contributed by atoms with Crippen LogP contribution >= 0.6 is 15.9 Å². The predicted octanol–water partition coefficient (Wildman–Crippen LogP) is 1.14. The number of aromatic nitrogens is 4. The molecule has 2 aliphatic carbocycles. The molecule has 2 aromatic rings. The fourth-order valence-electron chi connectivity index (χ4n) is 5.06. The van der Waals surface area contributed by atoms with Crippen LogP contribution in [0, 0.1) is 17.8 Å². The molecule has 2 bridgehead atoms. The van der Waals surface area contributed by atoms with Crippen molar-refractivity contribution < 1.29 is 4.79 Å². The zero-order chi connectivity index (χ0) is 19.5. The van der Waals surface area contributed by atoms with E-state index >= 15 is 0 Å². The molecule has 4 unspecified atom stereocenters. The summed E-state index contributed by atoms with van der Waals surface area (Å²) in [6, 6.07) is 0.123. The Hall–Kier alpha value is -1.90. The molecule has 4 atom stereocenters. The number of imidazole rings is 1. The topological polar surface area (TPSA) is 90.9 Å². The monoisotopic (exact) mass is 437 g/mol. The molecule has 2 aliphatic rings. The molecule has 146 valence electrons. The number of carbonyl (C=O) groups excluding carboxylic acids is 1. The summed E-state index contributed by atoms with van der Waals surface area (Å²) in [4.78, 5) is 41.5. The molecule has 4 rings (SSSR count). The highest BCUT2D eigenvalue weighted by molar-refractivity contribution is 9.10. The largest absolute Gasteiger partial charge is 0.352 e. The van der Waals surface area contributed by atoms with Gasteiger partial charge in [-0.05, 0) is 59.9 Å². The van der Waals surface area contributed by atoms with E-state index in [0.717, 1.165) is 16.4 Å². The van der Waals surface area contributed by atoms with Crippen molar-refractivity contribution in [1.82, 2.24) is 24.0 Å². The highest BCUT2D eigenvalue weighted by atomic mass is 79.9. The van der Waals surface area contributed by atoms with E-state index in [0.29, 0.717) is 16.3 Å². The Kier molecular flexibility index (Phi) is 4.52. The first-order chi connectivity index (χ1) is 12.8. The Morgan fingerprint density at radius 2 is 2.00 bits per heavy atom. The molecule has 0 saturated heterocycles. The van der Waals surface area contributed by atoms with E-state index in [-0.39, 0.29) is 24.0 Å². The normalized spacial score (nSPS) is 25.3. The van der Waals surface area contributed by atoms with Crippen molar-refractivity contribution in [2.45, 2.75) is 45.2 Å². The molecule has 1 N–H and O–H groups in total. The van der Waals surface area contributed by atoms with Crippen LogP contribution in [0.4, 0.5) is 0 Å². The van der Waals surface area contributed by atoms with E-state index in [1.54, 1.807) is 11.6 Å². The Balaban J connectivity index is 1.58. The number of nitrogens with one attached hydrogen (secondary N) is 1. The number of halogens is 1. The van der Waals surface area contributed by atoms with Crippen molar-refractivity contribution in [2.75, 3.05) is 0 Å². The van der Waals surface area contributed by atoms with E-state index in [9.17, 15) is 14.4 Å². The van der Waals surface area contributed by atoms with E-state index in [1.807, 2.05) is 0 Å². The Bertz CT molecular complexity index is 1040. The molecule has 0 spiro atoms. The number of hydrogen-bond donors (Lipinski definition) is 1. The summed E-state index contributed by atoms with van der Waals surface area (Å²) >= 11 is 3.32. The maximum Gasteiger partial charge on any atom is 0.332 e. The predicted molar refractivity (Wildman–Crippen MR) is 104 cm³/mol. The van der Waals surface area contributed by atoms with Crippen LogP contribution in [-0.2, 0) is 25.4 Å². The molecule has 8 nitrogen and oxygen atoms in total. The molecule has 2 saturated carbocycles. The summed E-state index contributed by atoms with van der Waals surface area (Å²) in [5, 5.41) is 3.12. The fourth-order valence-corrected chi connectivity index (χ4v) is 5.53. The van der Waals surface area contributed by atoms with Gasteiger partial charge in [0.1, 0.15) is 6.54 Å². The molecular weight excluding hydrogens is 414 g/mol. The number of hydrogen-bond acceptors (Lipinski definition) is 4. The van der Waals surface area contributed by atoms with Gasteiger partial charge in [0.05, 0.1) is 0 Å². The van der Waals surface area contributed by atoms with Crippen molar-refractivity contribution in [1.29, 1.82) is 0 Å². The minimum Gasteiger partial charge on any atom is -0.352 e. The van der Waals surface area contributed by atoms with Crippen molar-refractivity contribution in [3.8, 4) is 0 Å². The van der Waals surface area contributed by atoms with Crippen molar-refractivity contribution >= 4 is 33.0 Å². The van der Waals surface area contributed by atoms with Gasteiger partial charge in [-0.25, -0.2) is 9.78 Å². The number of fused-ring (bicyclic) bond motifs is 3. The van der Waals surface area contributed by atoms with Crippen LogP contribution in [0.1, 0.15) is 32.6 Å². The lowest BCUT2D eigenvalue weighted by Gasteiger charge is -2.28. The Morgan fingerprint density at radius 3 is 2.63 bits per heavy atom. The van der Waals surface area contributed by atoms with Gasteiger partial charge in [0, 0.05) is 20.1 Å². The van der Waals surface area contributed by atoms with Gasteiger partial charge in [0.25, 0.3) is 5.56 Å². The first kappa shape index (κ1) is 18.5.